The number of aryl methyl sites for hydroxylation is 8. The SMILES string of the molecule is COC(=O)c1cc(C)c(C)cc1N.Cc1cc2nc(-c3ccncc3)[nH]c(=O)c2cc1C.Cc1cc2nc(-c3ccncc3)nc(Cl)c2cc1C.Cc1cc2nc(-c3ccncc3)nc(N3CC(CCNS(N)(=O)=O)C3)c2cc1C.N#Cc1ccncc1.NS(=O)(=O)NCCC1CNC1. The van der Waals surface area contributed by atoms with Gasteiger partial charge in [-0.15, -0.1) is 0 Å². The average molecular weight is 1400 g/mol. The van der Waals surface area contributed by atoms with Crippen LogP contribution in [0.5, 0.6) is 0 Å². The van der Waals surface area contributed by atoms with Crippen LogP contribution in [0.3, 0.4) is 0 Å². The number of benzene rings is 4. The summed E-state index contributed by atoms with van der Waals surface area (Å²) < 4.78 is 52.0. The topological polar surface area (TPSA) is 385 Å². The Morgan fingerprint density at radius 2 is 0.990 bits per heavy atom. The quantitative estimate of drug-likeness (QED) is 0.0321. The fraction of sp³-hybridized carbons (Fsp3) is 0.268. The number of carbonyl (C=O) groups is 1. The number of hydrogen-bond donors (Lipinski definition) is 7. The molecule has 0 saturated carbocycles. The standard InChI is InChI=1S/C20H24N6O2S.C15H12ClN3.C15H13N3O.C10H13NO2.C6H4N2.C5H13N3O2S/c1-13-9-17-18(10-14(13)2)24-19(16-4-6-22-7-5-16)25-20(17)26-11-15(12-26)3-8-23-29(21,27)28;1-9-7-12-13(8-10(9)2)18-15(19-14(12)16)11-3-5-17-6-4-11;1-9-7-12-13(8-10(9)2)17-14(18-15(12)19)11-3-5-16-6-4-11;1-6-4-8(10(12)13-3)9(11)5-7(6)2;7-5-6-1-3-8-4-2-6;6-11(9,10)8-2-1-5-3-7-4-5/h4-7,9-10,15,23H,3,8,11-12H2,1-2H3,(H2,21,27,28);3-8H,1-2H3;3-8H,1-2H3,(H,17,18,19);4-5H,11H2,1-3H3;1-4H;5,7-8H,1-4H2,(H2,6,9,10). The molecular weight excluding hydrogens is 1320 g/mol. The summed E-state index contributed by atoms with van der Waals surface area (Å²) in [6.07, 6.45) is 15.1. The second-order valence-corrected chi connectivity index (χ2v) is 26.9. The van der Waals surface area contributed by atoms with Crippen molar-refractivity contribution in [3.05, 3.63) is 218 Å². The van der Waals surface area contributed by atoms with Crippen molar-refractivity contribution >= 4 is 82.2 Å². The summed E-state index contributed by atoms with van der Waals surface area (Å²) >= 11 is 6.27. The van der Waals surface area contributed by atoms with E-state index in [4.69, 9.17) is 42.8 Å². The van der Waals surface area contributed by atoms with Crippen LogP contribution >= 0.6 is 11.6 Å². The Bertz CT molecular complexity index is 4970. The number of nitriles is 1. The molecule has 4 aromatic carbocycles. The first-order valence-corrected chi connectivity index (χ1v) is 34.9. The predicted molar refractivity (Wildman–Crippen MR) is 389 cm³/mol. The zero-order valence-corrected chi connectivity index (χ0v) is 58.8. The largest absolute Gasteiger partial charge is 0.465 e. The van der Waals surface area contributed by atoms with E-state index in [0.717, 1.165) is 111 Å². The highest BCUT2D eigenvalue weighted by Crippen LogP contribution is 2.34. The first-order valence-electron chi connectivity index (χ1n) is 31.4. The van der Waals surface area contributed by atoms with E-state index in [1.165, 1.54) is 29.4 Å². The van der Waals surface area contributed by atoms with Crippen molar-refractivity contribution < 1.29 is 26.4 Å². The highest BCUT2D eigenvalue weighted by atomic mass is 35.5. The summed E-state index contributed by atoms with van der Waals surface area (Å²) in [4.78, 5) is 67.3. The molecule has 10 N–H and O–H groups in total. The smallest absolute Gasteiger partial charge is 0.339 e. The number of carbonyl (C=O) groups excluding carboxylic acids is 1. The van der Waals surface area contributed by atoms with Crippen molar-refractivity contribution in [1.29, 1.82) is 5.26 Å². The van der Waals surface area contributed by atoms with Crippen LogP contribution < -0.4 is 41.2 Å². The average Bonchev–Trinajstić information content (AvgIpc) is 0.776. The van der Waals surface area contributed by atoms with E-state index in [1.54, 1.807) is 73.8 Å². The Morgan fingerprint density at radius 1 is 0.576 bits per heavy atom. The number of nitrogens with two attached hydrogens (primary N) is 3. The number of nitrogens with one attached hydrogen (secondary N) is 4. The molecule has 7 aromatic heterocycles. The van der Waals surface area contributed by atoms with Crippen LogP contribution in [0.4, 0.5) is 11.5 Å². The van der Waals surface area contributed by atoms with Gasteiger partial charge in [0, 0.05) is 109 Å². The Hall–Kier alpha value is -10.1. The minimum Gasteiger partial charge on any atom is -0.465 e. The van der Waals surface area contributed by atoms with Gasteiger partial charge < -0.3 is 25.7 Å². The zero-order chi connectivity index (χ0) is 71.6. The third-order valence-corrected chi connectivity index (χ3v) is 17.9. The van der Waals surface area contributed by atoms with E-state index in [9.17, 15) is 26.4 Å². The summed E-state index contributed by atoms with van der Waals surface area (Å²) in [5, 5.41) is 24.1. The van der Waals surface area contributed by atoms with Crippen LogP contribution in [0.15, 0.2) is 151 Å². The second kappa shape index (κ2) is 34.4. The fourth-order valence-electron chi connectivity index (χ4n) is 10.1. The summed E-state index contributed by atoms with van der Waals surface area (Å²) in [5.74, 6) is 3.42. The third kappa shape index (κ3) is 21.4. The zero-order valence-electron chi connectivity index (χ0n) is 56.4. The van der Waals surface area contributed by atoms with Crippen molar-refractivity contribution in [2.24, 2.45) is 22.1 Å². The highest BCUT2D eigenvalue weighted by Gasteiger charge is 2.30. The van der Waals surface area contributed by atoms with E-state index in [1.807, 2.05) is 94.4 Å². The van der Waals surface area contributed by atoms with Crippen molar-refractivity contribution in [2.75, 3.05) is 57.0 Å². The molecule has 9 heterocycles. The maximum Gasteiger partial charge on any atom is 0.339 e. The molecule has 2 saturated heterocycles. The number of halogens is 1. The molecule has 0 spiro atoms. The summed E-state index contributed by atoms with van der Waals surface area (Å²) in [5.41, 5.74) is 21.4. The van der Waals surface area contributed by atoms with Crippen LogP contribution in [0.25, 0.3) is 66.9 Å². The molecule has 2 aliphatic rings. The molecule has 13 rings (SSSR count). The maximum absolute atomic E-state index is 12.1. The molecule has 2 aliphatic heterocycles. The van der Waals surface area contributed by atoms with Gasteiger partial charge in [0.05, 0.1) is 46.2 Å². The van der Waals surface area contributed by atoms with Crippen molar-refractivity contribution in [1.82, 2.24) is 64.6 Å². The van der Waals surface area contributed by atoms with Crippen molar-refractivity contribution in [3.63, 3.8) is 0 Å². The molecule has 11 aromatic rings. The van der Waals surface area contributed by atoms with Gasteiger partial charge in [-0.1, -0.05) is 11.6 Å². The Morgan fingerprint density at radius 3 is 1.45 bits per heavy atom. The monoisotopic (exact) mass is 1390 g/mol. The molecule has 25 nitrogen and oxygen atoms in total. The van der Waals surface area contributed by atoms with E-state index in [2.05, 4.69) is 104 Å². The van der Waals surface area contributed by atoms with Crippen molar-refractivity contribution in [3.8, 4) is 40.2 Å². The number of H-pyrrole nitrogens is 1. The minimum atomic E-state index is -3.63. The number of rotatable bonds is 13. The summed E-state index contributed by atoms with van der Waals surface area (Å²) in [6.45, 7) is 20.6. The van der Waals surface area contributed by atoms with Crippen LogP contribution in [0.2, 0.25) is 5.15 Å². The lowest BCUT2D eigenvalue weighted by atomic mass is 9.95. The first kappa shape index (κ1) is 74.6. The molecule has 0 bridgehead atoms. The number of nitrogens with zero attached hydrogens (tertiary/aromatic N) is 11. The van der Waals surface area contributed by atoms with Gasteiger partial charge in [0.25, 0.3) is 26.0 Å². The number of aromatic nitrogens is 10. The van der Waals surface area contributed by atoms with Crippen molar-refractivity contribution in [2.45, 2.75) is 68.2 Å². The predicted octanol–water partition coefficient (Wildman–Crippen LogP) is 9.51. The van der Waals surface area contributed by atoms with Gasteiger partial charge in [-0.05, 0) is 235 Å². The second-order valence-electron chi connectivity index (χ2n) is 23.8. The number of nitrogen functional groups attached to an aromatic ring is 1. The number of esters is 1. The summed E-state index contributed by atoms with van der Waals surface area (Å²) in [6, 6.07) is 32.2. The van der Waals surface area contributed by atoms with Gasteiger partial charge in [0.15, 0.2) is 11.6 Å². The van der Waals surface area contributed by atoms with Crippen LogP contribution in [-0.2, 0) is 25.2 Å². The van der Waals surface area contributed by atoms with Gasteiger partial charge in [0.2, 0.25) is 0 Å². The molecule has 99 heavy (non-hydrogen) atoms. The van der Waals surface area contributed by atoms with Crippen LogP contribution in [0, 0.1) is 78.6 Å². The van der Waals surface area contributed by atoms with Gasteiger partial charge in [0.1, 0.15) is 16.8 Å². The minimum absolute atomic E-state index is 0.111. The number of aromatic amines is 1. The molecular formula is C71H79ClN18O7S2. The number of hydrogen-bond acceptors (Lipinski definition) is 20. The van der Waals surface area contributed by atoms with Gasteiger partial charge in [-0.25, -0.2) is 49.4 Å². The van der Waals surface area contributed by atoms with E-state index < -0.39 is 20.4 Å². The molecule has 28 heteroatoms. The molecule has 2 fully saturated rings. The third-order valence-electron chi connectivity index (χ3n) is 16.4. The Labute approximate surface area is 580 Å². The molecule has 0 amide bonds. The molecule has 0 atom stereocenters. The van der Waals surface area contributed by atoms with Crippen LogP contribution in [0.1, 0.15) is 73.3 Å². The van der Waals surface area contributed by atoms with E-state index in [0.29, 0.717) is 69.8 Å². The van der Waals surface area contributed by atoms with E-state index in [-0.39, 0.29) is 11.5 Å². The first-order chi connectivity index (χ1) is 47.2. The molecule has 0 aliphatic carbocycles. The Balaban J connectivity index is 0.000000159. The van der Waals surface area contributed by atoms with Gasteiger partial charge >= 0.3 is 5.97 Å². The normalized spacial score (nSPS) is 12.7. The molecule has 514 valence electrons. The fourth-order valence-corrected chi connectivity index (χ4v) is 11.1. The number of ether oxygens (including phenoxy) is 1. The Kier molecular flexibility index (Phi) is 25.9. The van der Waals surface area contributed by atoms with Crippen LogP contribution in [-0.4, -0.2) is 119 Å². The maximum atomic E-state index is 12.1. The van der Waals surface area contributed by atoms with E-state index >= 15 is 0 Å². The number of methoxy groups -OCH3 is 1. The highest BCUT2D eigenvalue weighted by molar-refractivity contribution is 7.87. The van der Waals surface area contributed by atoms with Gasteiger partial charge in [-0.3, -0.25) is 24.7 Å². The molecule has 0 radical (unpaired) electrons. The number of fused-ring (bicyclic) bond motifs is 3. The number of anilines is 2. The lowest BCUT2D eigenvalue weighted by Gasteiger charge is -2.41. The summed E-state index contributed by atoms with van der Waals surface area (Å²) in [7, 11) is -5.76. The lowest BCUT2D eigenvalue weighted by Crippen LogP contribution is -2.48. The number of pyridine rings is 4. The molecule has 0 unspecified atom stereocenters. The lowest BCUT2D eigenvalue weighted by molar-refractivity contribution is 0.0601. The van der Waals surface area contributed by atoms with Gasteiger partial charge in [-0.2, -0.15) is 22.1 Å².